The number of thiazole rings is 1. The summed E-state index contributed by atoms with van der Waals surface area (Å²) >= 11 is 1.59. The Morgan fingerprint density at radius 3 is 2.50 bits per heavy atom. The van der Waals surface area contributed by atoms with E-state index in [-0.39, 0.29) is 30.3 Å². The first-order valence-corrected chi connectivity index (χ1v) is 10.1. The van der Waals surface area contributed by atoms with Crippen LogP contribution in [0.3, 0.4) is 0 Å². The van der Waals surface area contributed by atoms with E-state index in [1.165, 1.54) is 19.3 Å². The predicted molar refractivity (Wildman–Crippen MR) is 107 cm³/mol. The van der Waals surface area contributed by atoms with Gasteiger partial charge in [0, 0.05) is 23.5 Å². The highest BCUT2D eigenvalue weighted by molar-refractivity contribution is 7.09. The molecule has 0 aliphatic heterocycles. The number of fused-ring (bicyclic) bond motifs is 2. The largest absolute Gasteiger partial charge is 0.342 e. The normalized spacial score (nSPS) is 28.7. The summed E-state index contributed by atoms with van der Waals surface area (Å²) in [6.45, 7) is 0. The van der Waals surface area contributed by atoms with Crippen LogP contribution in [-0.2, 0) is 4.79 Å². The van der Waals surface area contributed by atoms with Crippen molar-refractivity contribution in [3.63, 3.8) is 0 Å². The highest BCUT2D eigenvalue weighted by Gasteiger charge is 2.41. The molecule has 2 saturated carbocycles. The number of hydrogen-bond donors (Lipinski definition) is 2. The first kappa shape index (κ1) is 19.3. The molecule has 2 fully saturated rings. The second-order valence-electron chi connectivity index (χ2n) is 7.42. The zero-order valence-electron chi connectivity index (χ0n) is 14.7. The van der Waals surface area contributed by atoms with Crippen molar-refractivity contribution in [2.75, 3.05) is 0 Å². The van der Waals surface area contributed by atoms with Crippen LogP contribution in [0.25, 0.3) is 0 Å². The van der Waals surface area contributed by atoms with Crippen molar-refractivity contribution in [1.29, 1.82) is 0 Å². The maximum atomic E-state index is 13.0. The van der Waals surface area contributed by atoms with Crippen LogP contribution in [0.1, 0.15) is 48.7 Å². The van der Waals surface area contributed by atoms with Gasteiger partial charge in [-0.05, 0) is 43.1 Å². The molecule has 1 aromatic carbocycles. The molecule has 3 atom stereocenters. The van der Waals surface area contributed by atoms with E-state index < -0.39 is 0 Å². The van der Waals surface area contributed by atoms with E-state index in [9.17, 15) is 4.79 Å². The number of nitrogens with one attached hydrogen (secondary N) is 1. The molecule has 0 saturated heterocycles. The number of halogens is 1. The molecule has 6 heteroatoms. The first-order valence-electron chi connectivity index (χ1n) is 9.22. The van der Waals surface area contributed by atoms with Gasteiger partial charge in [-0.15, -0.1) is 23.7 Å². The Morgan fingerprint density at radius 2 is 1.88 bits per heavy atom. The number of carbonyl (C=O) groups is 1. The minimum atomic E-state index is -0.163. The average molecular weight is 392 g/mol. The first-order chi connectivity index (χ1) is 12.2. The van der Waals surface area contributed by atoms with Gasteiger partial charge in [0.2, 0.25) is 5.91 Å². The SMILES string of the molecule is Cl.NC1C2CCCC1CC(C(=O)NC(c1ccccc1)c1nccs1)C2. The molecule has 2 aromatic rings. The van der Waals surface area contributed by atoms with Crippen LogP contribution in [0, 0.1) is 17.8 Å². The minimum absolute atomic E-state index is 0. The van der Waals surface area contributed by atoms with Gasteiger partial charge < -0.3 is 11.1 Å². The van der Waals surface area contributed by atoms with Gasteiger partial charge >= 0.3 is 0 Å². The molecule has 2 aliphatic rings. The van der Waals surface area contributed by atoms with Crippen LogP contribution in [0.4, 0.5) is 0 Å². The summed E-state index contributed by atoms with van der Waals surface area (Å²) in [5.74, 6) is 1.27. The monoisotopic (exact) mass is 391 g/mol. The molecule has 1 heterocycles. The van der Waals surface area contributed by atoms with Crippen LogP contribution in [0.5, 0.6) is 0 Å². The topological polar surface area (TPSA) is 68.0 Å². The molecule has 1 amide bonds. The van der Waals surface area contributed by atoms with E-state index in [2.05, 4.69) is 22.4 Å². The summed E-state index contributed by atoms with van der Waals surface area (Å²) in [6, 6.07) is 10.2. The molecule has 0 radical (unpaired) electrons. The summed E-state index contributed by atoms with van der Waals surface area (Å²) in [7, 11) is 0. The number of rotatable bonds is 4. The fourth-order valence-corrected chi connectivity index (χ4v) is 5.29. The molecule has 140 valence electrons. The Balaban J connectivity index is 0.00000196. The lowest BCUT2D eigenvalue weighted by molar-refractivity contribution is -0.128. The van der Waals surface area contributed by atoms with E-state index in [1.54, 1.807) is 17.5 Å². The van der Waals surface area contributed by atoms with E-state index >= 15 is 0 Å². The van der Waals surface area contributed by atoms with Gasteiger partial charge in [-0.3, -0.25) is 4.79 Å². The smallest absolute Gasteiger partial charge is 0.223 e. The lowest BCUT2D eigenvalue weighted by Gasteiger charge is -2.43. The second-order valence-corrected chi connectivity index (χ2v) is 8.35. The number of nitrogens with two attached hydrogens (primary N) is 1. The zero-order chi connectivity index (χ0) is 17.2. The highest BCUT2D eigenvalue weighted by Crippen LogP contribution is 2.42. The maximum absolute atomic E-state index is 13.0. The average Bonchev–Trinajstić information content (AvgIpc) is 3.14. The van der Waals surface area contributed by atoms with Gasteiger partial charge in [0.25, 0.3) is 0 Å². The van der Waals surface area contributed by atoms with E-state index in [0.717, 1.165) is 23.4 Å². The fraction of sp³-hybridized carbons (Fsp3) is 0.500. The number of hydrogen-bond acceptors (Lipinski definition) is 4. The lowest BCUT2D eigenvalue weighted by Crippen LogP contribution is -2.49. The summed E-state index contributed by atoms with van der Waals surface area (Å²) in [5, 5.41) is 6.17. The van der Waals surface area contributed by atoms with Crippen molar-refractivity contribution >= 4 is 29.7 Å². The zero-order valence-corrected chi connectivity index (χ0v) is 16.3. The standard InChI is InChI=1S/C20H25N3OS.ClH/c21-17-14-7-4-8-15(17)12-16(11-14)19(24)23-18(20-22-9-10-25-20)13-5-2-1-3-6-13;/h1-3,5-6,9-10,14-18H,4,7-8,11-12,21H2,(H,23,24);1H. The third kappa shape index (κ3) is 3.95. The number of carbonyl (C=O) groups excluding carboxylic acids is 1. The number of aromatic nitrogens is 1. The summed E-state index contributed by atoms with van der Waals surface area (Å²) in [4.78, 5) is 17.5. The van der Waals surface area contributed by atoms with E-state index in [4.69, 9.17) is 5.73 Å². The molecule has 3 N–H and O–H groups in total. The number of nitrogens with zero attached hydrogens (tertiary/aromatic N) is 1. The second kappa shape index (κ2) is 8.51. The summed E-state index contributed by atoms with van der Waals surface area (Å²) < 4.78 is 0. The predicted octanol–water partition coefficient (Wildman–Crippen LogP) is 3.92. The minimum Gasteiger partial charge on any atom is -0.342 e. The summed E-state index contributed by atoms with van der Waals surface area (Å²) in [6.07, 6.45) is 7.28. The third-order valence-corrected chi connectivity index (χ3v) is 6.74. The Morgan fingerprint density at radius 1 is 1.19 bits per heavy atom. The molecule has 26 heavy (non-hydrogen) atoms. The molecule has 3 unspecified atom stereocenters. The Bertz CT molecular complexity index is 695. The van der Waals surface area contributed by atoms with Gasteiger partial charge in [0.15, 0.2) is 0 Å². The van der Waals surface area contributed by atoms with E-state index in [0.29, 0.717) is 17.9 Å². The lowest BCUT2D eigenvalue weighted by atomic mass is 9.65. The Kier molecular flexibility index (Phi) is 6.33. The van der Waals surface area contributed by atoms with Crippen molar-refractivity contribution < 1.29 is 4.79 Å². The molecular formula is C20H26ClN3OS. The van der Waals surface area contributed by atoms with Gasteiger partial charge in [-0.25, -0.2) is 4.98 Å². The quantitative estimate of drug-likeness (QED) is 0.829. The van der Waals surface area contributed by atoms with Crippen molar-refractivity contribution in [3.8, 4) is 0 Å². The Hall–Kier alpha value is -1.43. The van der Waals surface area contributed by atoms with Gasteiger partial charge in [0.05, 0.1) is 0 Å². The van der Waals surface area contributed by atoms with Gasteiger partial charge in [0.1, 0.15) is 11.0 Å². The van der Waals surface area contributed by atoms with Gasteiger partial charge in [-0.1, -0.05) is 36.8 Å². The highest BCUT2D eigenvalue weighted by atomic mass is 35.5. The van der Waals surface area contributed by atoms with Crippen molar-refractivity contribution in [2.24, 2.45) is 23.5 Å². The molecular weight excluding hydrogens is 366 g/mol. The fourth-order valence-electron chi connectivity index (χ4n) is 4.57. The third-order valence-electron chi connectivity index (χ3n) is 5.90. The maximum Gasteiger partial charge on any atom is 0.223 e. The van der Waals surface area contributed by atoms with Crippen LogP contribution in [0.2, 0.25) is 0 Å². The summed E-state index contributed by atoms with van der Waals surface area (Å²) in [5.41, 5.74) is 7.46. The van der Waals surface area contributed by atoms with E-state index in [1.807, 2.05) is 23.6 Å². The van der Waals surface area contributed by atoms with Crippen molar-refractivity contribution in [1.82, 2.24) is 10.3 Å². The molecule has 0 spiro atoms. The molecule has 4 nitrogen and oxygen atoms in total. The van der Waals surface area contributed by atoms with Crippen LogP contribution in [0.15, 0.2) is 41.9 Å². The molecule has 1 aromatic heterocycles. The van der Waals surface area contributed by atoms with Gasteiger partial charge in [-0.2, -0.15) is 0 Å². The number of benzene rings is 1. The van der Waals surface area contributed by atoms with Crippen LogP contribution < -0.4 is 11.1 Å². The van der Waals surface area contributed by atoms with Crippen LogP contribution >= 0.6 is 23.7 Å². The van der Waals surface area contributed by atoms with Crippen molar-refractivity contribution in [2.45, 2.75) is 44.2 Å². The van der Waals surface area contributed by atoms with Crippen molar-refractivity contribution in [3.05, 3.63) is 52.5 Å². The molecule has 2 bridgehead atoms. The molecule has 4 rings (SSSR count). The Labute approximate surface area is 165 Å². The van der Waals surface area contributed by atoms with Crippen LogP contribution in [-0.4, -0.2) is 16.9 Å². The molecule has 2 aliphatic carbocycles. The number of amides is 1.